The fourth-order valence-corrected chi connectivity index (χ4v) is 2.59. The molecule has 4 heteroatoms. The van der Waals surface area contributed by atoms with E-state index in [1.807, 2.05) is 19.1 Å². The summed E-state index contributed by atoms with van der Waals surface area (Å²) in [5, 5.41) is 3.47. The number of benzene rings is 1. The van der Waals surface area contributed by atoms with Crippen LogP contribution in [0.4, 0.5) is 0 Å². The minimum absolute atomic E-state index is 0.879. The van der Waals surface area contributed by atoms with E-state index < -0.39 is 0 Å². The molecule has 1 heterocycles. The van der Waals surface area contributed by atoms with Gasteiger partial charge in [0.15, 0.2) is 0 Å². The van der Waals surface area contributed by atoms with Crippen molar-refractivity contribution in [1.29, 1.82) is 0 Å². The van der Waals surface area contributed by atoms with Crippen LogP contribution in [-0.2, 0) is 4.84 Å². The zero-order chi connectivity index (χ0) is 15.1. The van der Waals surface area contributed by atoms with Crippen LogP contribution in [0.15, 0.2) is 41.6 Å². The van der Waals surface area contributed by atoms with Gasteiger partial charge in [-0.3, -0.25) is 10.3 Å². The van der Waals surface area contributed by atoms with Gasteiger partial charge in [-0.1, -0.05) is 12.1 Å². The fourth-order valence-electron chi connectivity index (χ4n) is 2.59. The Hall–Kier alpha value is -1.78. The predicted molar refractivity (Wildman–Crippen MR) is 85.9 cm³/mol. The van der Waals surface area contributed by atoms with Crippen molar-refractivity contribution < 1.29 is 9.57 Å². The number of hydroxylamine groups is 1. The van der Waals surface area contributed by atoms with Crippen molar-refractivity contribution in [2.45, 2.75) is 19.8 Å². The normalized spacial score (nSPS) is 16.6. The lowest BCUT2D eigenvalue weighted by atomic mass is 9.96. The van der Waals surface area contributed by atoms with Crippen LogP contribution in [0.3, 0.4) is 0 Å². The van der Waals surface area contributed by atoms with Crippen molar-refractivity contribution in [3.8, 4) is 5.75 Å². The Morgan fingerprint density at radius 2 is 2.00 bits per heavy atom. The summed E-state index contributed by atoms with van der Waals surface area (Å²) in [5.74, 6) is 0.889. The van der Waals surface area contributed by atoms with Crippen LogP contribution in [0.5, 0.6) is 5.75 Å². The van der Waals surface area contributed by atoms with Crippen molar-refractivity contribution in [3.05, 3.63) is 47.2 Å². The molecule has 1 aromatic carbocycles. The number of hydrogen-bond donors (Lipinski definition) is 2. The first-order valence-corrected chi connectivity index (χ1v) is 7.29. The predicted octanol–water partition coefficient (Wildman–Crippen LogP) is 2.89. The fraction of sp³-hybridized carbons (Fsp3) is 0.412. The number of allylic oxidation sites excluding steroid dienone is 2. The van der Waals surface area contributed by atoms with Crippen molar-refractivity contribution >= 4 is 5.57 Å². The van der Waals surface area contributed by atoms with Gasteiger partial charge in [-0.05, 0) is 61.2 Å². The van der Waals surface area contributed by atoms with Gasteiger partial charge >= 0.3 is 0 Å². The minimum atomic E-state index is 0.879. The molecule has 0 fully saturated rings. The first-order chi connectivity index (χ1) is 10.2. The average molecular weight is 288 g/mol. The van der Waals surface area contributed by atoms with E-state index in [0.717, 1.165) is 37.4 Å². The van der Waals surface area contributed by atoms with Crippen LogP contribution in [0, 0.1) is 0 Å². The molecule has 0 atom stereocenters. The van der Waals surface area contributed by atoms with Gasteiger partial charge in [0.05, 0.1) is 14.2 Å². The van der Waals surface area contributed by atoms with Crippen LogP contribution in [0.2, 0.25) is 0 Å². The first kappa shape index (κ1) is 15.6. The number of nitrogens with one attached hydrogen (secondary N) is 2. The highest BCUT2D eigenvalue weighted by Gasteiger charge is 2.12. The molecule has 1 aromatic rings. The van der Waals surface area contributed by atoms with Gasteiger partial charge in [0.25, 0.3) is 0 Å². The lowest BCUT2D eigenvalue weighted by Gasteiger charge is -2.12. The SMILES string of the molecule is CONC(C)=CC1=C(c2ccc(OC)cc2)CCCNC1. The molecule has 4 nitrogen and oxygen atoms in total. The average Bonchev–Trinajstić information content (AvgIpc) is 2.73. The molecule has 0 aromatic heterocycles. The van der Waals surface area contributed by atoms with Gasteiger partial charge in [-0.25, -0.2) is 0 Å². The molecule has 0 amide bonds. The van der Waals surface area contributed by atoms with Crippen molar-refractivity contribution in [2.24, 2.45) is 0 Å². The van der Waals surface area contributed by atoms with Crippen molar-refractivity contribution in [1.82, 2.24) is 10.8 Å². The van der Waals surface area contributed by atoms with E-state index in [9.17, 15) is 0 Å². The zero-order valence-electron chi connectivity index (χ0n) is 13.0. The van der Waals surface area contributed by atoms with E-state index in [-0.39, 0.29) is 0 Å². The third kappa shape index (κ3) is 4.34. The number of rotatable bonds is 5. The van der Waals surface area contributed by atoms with E-state index in [1.54, 1.807) is 14.2 Å². The standard InChI is InChI=1S/C17H24N2O2/c1-13(19-21-3)11-15-12-18-10-4-5-17(15)14-6-8-16(20-2)9-7-14/h6-9,11,18-19H,4-5,10,12H2,1-3H3. The second-order valence-electron chi connectivity index (χ2n) is 5.15. The van der Waals surface area contributed by atoms with E-state index in [4.69, 9.17) is 9.57 Å². The van der Waals surface area contributed by atoms with Gasteiger partial charge < -0.3 is 10.1 Å². The zero-order valence-corrected chi connectivity index (χ0v) is 13.0. The molecule has 2 N–H and O–H groups in total. The number of hydrogen-bond acceptors (Lipinski definition) is 4. The Bertz CT molecular complexity index is 518. The molecular formula is C17H24N2O2. The van der Waals surface area contributed by atoms with Crippen molar-refractivity contribution in [3.63, 3.8) is 0 Å². The van der Waals surface area contributed by atoms with Crippen LogP contribution in [0.25, 0.3) is 5.57 Å². The van der Waals surface area contributed by atoms with Crippen LogP contribution in [-0.4, -0.2) is 27.3 Å². The maximum absolute atomic E-state index is 5.24. The summed E-state index contributed by atoms with van der Waals surface area (Å²) in [6.07, 6.45) is 4.38. The molecular weight excluding hydrogens is 264 g/mol. The molecule has 114 valence electrons. The Morgan fingerprint density at radius 1 is 1.24 bits per heavy atom. The molecule has 0 unspecified atom stereocenters. The lowest BCUT2D eigenvalue weighted by Crippen LogP contribution is -2.16. The molecule has 0 saturated heterocycles. The maximum atomic E-state index is 5.24. The van der Waals surface area contributed by atoms with Gasteiger partial charge in [0.1, 0.15) is 5.75 Å². The third-order valence-electron chi connectivity index (χ3n) is 3.58. The molecule has 21 heavy (non-hydrogen) atoms. The summed E-state index contributed by atoms with van der Waals surface area (Å²) < 4.78 is 5.24. The largest absolute Gasteiger partial charge is 0.497 e. The molecule has 0 spiro atoms. The maximum Gasteiger partial charge on any atom is 0.118 e. The molecule has 0 radical (unpaired) electrons. The van der Waals surface area contributed by atoms with Gasteiger partial charge in [-0.15, -0.1) is 0 Å². The highest BCUT2D eigenvalue weighted by atomic mass is 16.6. The summed E-state index contributed by atoms with van der Waals surface area (Å²) in [7, 11) is 3.32. The van der Waals surface area contributed by atoms with Gasteiger partial charge in [0.2, 0.25) is 0 Å². The van der Waals surface area contributed by atoms with E-state index in [2.05, 4.69) is 29.0 Å². The Morgan fingerprint density at radius 3 is 2.67 bits per heavy atom. The van der Waals surface area contributed by atoms with Gasteiger partial charge in [-0.2, -0.15) is 0 Å². The van der Waals surface area contributed by atoms with E-state index in [0.29, 0.717) is 0 Å². The Kier molecular flexibility index (Phi) is 5.84. The van der Waals surface area contributed by atoms with Crippen LogP contribution < -0.4 is 15.5 Å². The Labute approximate surface area is 126 Å². The number of methoxy groups -OCH3 is 1. The minimum Gasteiger partial charge on any atom is -0.497 e. The van der Waals surface area contributed by atoms with E-state index in [1.165, 1.54) is 16.7 Å². The molecule has 2 rings (SSSR count). The number of ether oxygens (including phenoxy) is 1. The summed E-state index contributed by atoms with van der Waals surface area (Å²) >= 11 is 0. The molecule has 0 aliphatic carbocycles. The summed E-state index contributed by atoms with van der Waals surface area (Å²) in [4.78, 5) is 4.97. The highest BCUT2D eigenvalue weighted by molar-refractivity contribution is 5.72. The summed E-state index contributed by atoms with van der Waals surface area (Å²) in [6.45, 7) is 3.94. The summed E-state index contributed by atoms with van der Waals surface area (Å²) in [5.41, 5.74) is 7.84. The third-order valence-corrected chi connectivity index (χ3v) is 3.58. The quantitative estimate of drug-likeness (QED) is 0.818. The highest BCUT2D eigenvalue weighted by Crippen LogP contribution is 2.28. The summed E-state index contributed by atoms with van der Waals surface area (Å²) in [6, 6.07) is 8.29. The lowest BCUT2D eigenvalue weighted by molar-refractivity contribution is 0.118. The topological polar surface area (TPSA) is 42.5 Å². The second kappa shape index (κ2) is 7.86. The van der Waals surface area contributed by atoms with Crippen molar-refractivity contribution in [2.75, 3.05) is 27.3 Å². The molecule has 1 aliphatic heterocycles. The molecule has 1 aliphatic rings. The van der Waals surface area contributed by atoms with E-state index >= 15 is 0 Å². The second-order valence-corrected chi connectivity index (χ2v) is 5.15. The van der Waals surface area contributed by atoms with Crippen LogP contribution in [0.1, 0.15) is 25.3 Å². The van der Waals surface area contributed by atoms with Crippen LogP contribution >= 0.6 is 0 Å². The smallest absolute Gasteiger partial charge is 0.118 e. The first-order valence-electron chi connectivity index (χ1n) is 7.29. The van der Waals surface area contributed by atoms with Gasteiger partial charge in [0, 0.05) is 12.2 Å². The molecule has 0 saturated carbocycles. The monoisotopic (exact) mass is 288 g/mol. The Balaban J connectivity index is 2.35. The molecule has 0 bridgehead atoms.